The number of alkyl halides is 3. The van der Waals surface area contributed by atoms with Crippen molar-refractivity contribution in [2.75, 3.05) is 11.4 Å². The summed E-state index contributed by atoms with van der Waals surface area (Å²) < 4.78 is 58.6. The van der Waals surface area contributed by atoms with E-state index in [4.69, 9.17) is 4.74 Å². The number of anilines is 2. The maximum Gasteiger partial charge on any atom is 0.423 e. The van der Waals surface area contributed by atoms with Crippen LogP contribution in [0, 0.1) is 5.82 Å². The third kappa shape index (κ3) is 4.05. The SMILES string of the molecule is CCN(c1ccc(F)cc1)c1ncc(C(F)(F)F)c(OC2CCCC2)n1. The van der Waals surface area contributed by atoms with Gasteiger partial charge in [-0.25, -0.2) is 9.37 Å². The normalized spacial score (nSPS) is 15.3. The lowest BCUT2D eigenvalue weighted by Crippen LogP contribution is -2.22. The fourth-order valence-corrected chi connectivity index (χ4v) is 3.00. The van der Waals surface area contributed by atoms with Gasteiger partial charge in [0.05, 0.1) is 0 Å². The van der Waals surface area contributed by atoms with Crippen molar-refractivity contribution in [3.05, 3.63) is 41.8 Å². The van der Waals surface area contributed by atoms with Crippen molar-refractivity contribution in [1.82, 2.24) is 9.97 Å². The van der Waals surface area contributed by atoms with Gasteiger partial charge in [0.15, 0.2) is 0 Å². The first-order valence-electron chi connectivity index (χ1n) is 8.52. The van der Waals surface area contributed by atoms with Crippen LogP contribution in [0.25, 0.3) is 0 Å². The fourth-order valence-electron chi connectivity index (χ4n) is 3.00. The lowest BCUT2D eigenvalue weighted by atomic mass is 10.2. The number of ether oxygens (including phenoxy) is 1. The topological polar surface area (TPSA) is 38.2 Å². The van der Waals surface area contributed by atoms with Gasteiger partial charge in [-0.2, -0.15) is 18.2 Å². The zero-order valence-corrected chi connectivity index (χ0v) is 14.3. The smallest absolute Gasteiger partial charge is 0.423 e. The maximum absolute atomic E-state index is 13.3. The summed E-state index contributed by atoms with van der Waals surface area (Å²) in [6.07, 6.45) is -0.822. The van der Waals surface area contributed by atoms with E-state index in [0.717, 1.165) is 19.0 Å². The zero-order valence-electron chi connectivity index (χ0n) is 14.3. The van der Waals surface area contributed by atoms with Gasteiger partial charge < -0.3 is 9.64 Å². The summed E-state index contributed by atoms with van der Waals surface area (Å²) in [4.78, 5) is 9.52. The highest BCUT2D eigenvalue weighted by Crippen LogP contribution is 2.37. The molecule has 0 spiro atoms. The van der Waals surface area contributed by atoms with Gasteiger partial charge in [0.1, 0.15) is 17.5 Å². The van der Waals surface area contributed by atoms with E-state index in [1.807, 2.05) is 6.92 Å². The Hall–Kier alpha value is -2.38. The van der Waals surface area contributed by atoms with Crippen molar-refractivity contribution < 1.29 is 22.3 Å². The number of hydrogen-bond acceptors (Lipinski definition) is 4. The van der Waals surface area contributed by atoms with Crippen molar-refractivity contribution in [2.24, 2.45) is 0 Å². The molecule has 2 aromatic rings. The first-order valence-corrected chi connectivity index (χ1v) is 8.52. The molecule has 1 heterocycles. The first kappa shape index (κ1) is 18.4. The summed E-state index contributed by atoms with van der Waals surface area (Å²) in [7, 11) is 0. The van der Waals surface area contributed by atoms with Crippen LogP contribution in [-0.4, -0.2) is 22.6 Å². The number of aromatic nitrogens is 2. The minimum absolute atomic E-state index is 0.0834. The van der Waals surface area contributed by atoms with Crippen molar-refractivity contribution in [1.29, 1.82) is 0 Å². The first-order chi connectivity index (χ1) is 12.4. The Morgan fingerprint density at radius 3 is 2.38 bits per heavy atom. The molecule has 0 bridgehead atoms. The lowest BCUT2D eigenvalue weighted by molar-refractivity contribution is -0.139. The highest BCUT2D eigenvalue weighted by molar-refractivity contribution is 5.57. The van der Waals surface area contributed by atoms with Crippen molar-refractivity contribution in [3.63, 3.8) is 0 Å². The molecular formula is C18H19F4N3O. The second kappa shape index (κ2) is 7.47. The van der Waals surface area contributed by atoms with E-state index in [2.05, 4.69) is 9.97 Å². The van der Waals surface area contributed by atoms with Gasteiger partial charge in [-0.3, -0.25) is 0 Å². The Morgan fingerprint density at radius 2 is 1.81 bits per heavy atom. The molecule has 1 aromatic heterocycles. The molecular weight excluding hydrogens is 350 g/mol. The molecule has 1 aromatic carbocycles. The molecule has 0 unspecified atom stereocenters. The summed E-state index contributed by atoms with van der Waals surface area (Å²) in [5.41, 5.74) is -0.399. The molecule has 3 rings (SSSR count). The van der Waals surface area contributed by atoms with Gasteiger partial charge in [-0.15, -0.1) is 0 Å². The van der Waals surface area contributed by atoms with Crippen LogP contribution in [0.15, 0.2) is 30.5 Å². The van der Waals surface area contributed by atoms with Gasteiger partial charge in [-0.1, -0.05) is 0 Å². The van der Waals surface area contributed by atoms with Crippen LogP contribution in [0.3, 0.4) is 0 Å². The van der Waals surface area contributed by atoms with Crippen LogP contribution in [0.4, 0.5) is 29.2 Å². The molecule has 0 atom stereocenters. The third-order valence-corrected chi connectivity index (χ3v) is 4.32. The number of halogens is 4. The molecule has 0 radical (unpaired) electrons. The minimum atomic E-state index is -4.60. The highest BCUT2D eigenvalue weighted by Gasteiger charge is 2.37. The maximum atomic E-state index is 13.3. The molecule has 0 aliphatic heterocycles. The van der Waals surface area contributed by atoms with E-state index in [1.54, 1.807) is 4.90 Å². The predicted octanol–water partition coefficient (Wildman–Crippen LogP) is 5.11. The van der Waals surface area contributed by atoms with E-state index in [9.17, 15) is 17.6 Å². The van der Waals surface area contributed by atoms with Gasteiger partial charge >= 0.3 is 6.18 Å². The Labute approximate surface area is 148 Å². The van der Waals surface area contributed by atoms with Gasteiger partial charge in [0.2, 0.25) is 11.8 Å². The van der Waals surface area contributed by atoms with Gasteiger partial charge in [0.25, 0.3) is 0 Å². The standard InChI is InChI=1S/C18H19F4N3O/c1-2-25(13-9-7-12(19)8-10-13)17-23-11-15(18(20,21)22)16(24-17)26-14-5-3-4-6-14/h7-11,14H,2-6H2,1H3. The monoisotopic (exact) mass is 369 g/mol. The molecule has 1 aliphatic carbocycles. The zero-order chi connectivity index (χ0) is 18.7. The summed E-state index contributed by atoms with van der Waals surface area (Å²) >= 11 is 0. The van der Waals surface area contributed by atoms with E-state index in [0.29, 0.717) is 25.1 Å². The third-order valence-electron chi connectivity index (χ3n) is 4.32. The van der Waals surface area contributed by atoms with E-state index < -0.39 is 23.4 Å². The average Bonchev–Trinajstić information content (AvgIpc) is 3.09. The van der Waals surface area contributed by atoms with Crippen molar-refractivity contribution in [3.8, 4) is 5.88 Å². The molecule has 1 aliphatic rings. The molecule has 0 N–H and O–H groups in total. The number of benzene rings is 1. The van der Waals surface area contributed by atoms with Crippen LogP contribution in [0.1, 0.15) is 38.2 Å². The van der Waals surface area contributed by atoms with Gasteiger partial charge in [-0.05, 0) is 56.9 Å². The van der Waals surface area contributed by atoms with Gasteiger partial charge in [0, 0.05) is 18.4 Å². The molecule has 0 amide bonds. The Balaban J connectivity index is 1.97. The quantitative estimate of drug-likeness (QED) is 0.686. The Kier molecular flexibility index (Phi) is 5.29. The number of rotatable bonds is 5. The van der Waals surface area contributed by atoms with Crippen molar-refractivity contribution in [2.45, 2.75) is 44.9 Å². The molecule has 0 saturated heterocycles. The lowest BCUT2D eigenvalue weighted by Gasteiger charge is -2.23. The van der Waals surface area contributed by atoms with E-state index >= 15 is 0 Å². The van der Waals surface area contributed by atoms with Crippen LogP contribution >= 0.6 is 0 Å². The molecule has 1 saturated carbocycles. The van der Waals surface area contributed by atoms with Crippen LogP contribution in [0.5, 0.6) is 5.88 Å². The minimum Gasteiger partial charge on any atom is -0.474 e. The summed E-state index contributed by atoms with van der Waals surface area (Å²) in [5, 5.41) is 0. The predicted molar refractivity (Wildman–Crippen MR) is 89.0 cm³/mol. The highest BCUT2D eigenvalue weighted by atomic mass is 19.4. The summed E-state index contributed by atoms with van der Waals surface area (Å²) in [5.74, 6) is -0.765. The van der Waals surface area contributed by atoms with E-state index in [1.165, 1.54) is 24.3 Å². The molecule has 140 valence electrons. The van der Waals surface area contributed by atoms with Crippen molar-refractivity contribution >= 4 is 11.6 Å². The van der Waals surface area contributed by atoms with Crippen LogP contribution in [0.2, 0.25) is 0 Å². The number of nitrogens with zero attached hydrogens (tertiary/aromatic N) is 3. The molecule has 4 nitrogen and oxygen atoms in total. The number of hydrogen-bond donors (Lipinski definition) is 0. The molecule has 1 fully saturated rings. The Morgan fingerprint density at radius 1 is 1.15 bits per heavy atom. The Bertz CT molecular complexity index is 743. The summed E-state index contributed by atoms with van der Waals surface area (Å²) in [6.45, 7) is 2.21. The van der Waals surface area contributed by atoms with Crippen LogP contribution in [-0.2, 0) is 6.18 Å². The summed E-state index contributed by atoms with van der Waals surface area (Å²) in [6, 6.07) is 5.60. The van der Waals surface area contributed by atoms with Crippen LogP contribution < -0.4 is 9.64 Å². The van der Waals surface area contributed by atoms with E-state index in [-0.39, 0.29) is 12.1 Å². The fraction of sp³-hybridized carbons (Fsp3) is 0.444. The largest absolute Gasteiger partial charge is 0.474 e. The second-order valence-corrected chi connectivity index (χ2v) is 6.13. The second-order valence-electron chi connectivity index (χ2n) is 6.13. The average molecular weight is 369 g/mol. The molecule has 8 heteroatoms. The molecule has 26 heavy (non-hydrogen) atoms.